The Morgan fingerprint density at radius 3 is 2.90 bits per heavy atom. The minimum absolute atomic E-state index is 0.563. The third-order valence-electron chi connectivity index (χ3n) is 4.59. The maximum Gasteiger partial charge on any atom is 0.124 e. The fourth-order valence-corrected chi connectivity index (χ4v) is 3.05. The second-order valence-corrected chi connectivity index (χ2v) is 5.96. The van der Waals surface area contributed by atoms with Gasteiger partial charge in [0.15, 0.2) is 0 Å². The summed E-state index contributed by atoms with van der Waals surface area (Å²) in [5.74, 6) is 2.55. The van der Waals surface area contributed by atoms with Gasteiger partial charge in [-0.25, -0.2) is 0 Å². The van der Waals surface area contributed by atoms with Gasteiger partial charge in [0.2, 0.25) is 0 Å². The number of para-hydroxylation sites is 1. The van der Waals surface area contributed by atoms with Crippen LogP contribution >= 0.6 is 0 Å². The zero-order valence-electron chi connectivity index (χ0n) is 12.8. The molecule has 3 unspecified atom stereocenters. The van der Waals surface area contributed by atoms with Crippen molar-refractivity contribution in [1.29, 1.82) is 0 Å². The van der Waals surface area contributed by atoms with E-state index in [4.69, 9.17) is 4.74 Å². The molecule has 0 saturated heterocycles. The van der Waals surface area contributed by atoms with Crippen LogP contribution in [0, 0.1) is 11.8 Å². The summed E-state index contributed by atoms with van der Waals surface area (Å²) < 4.78 is 5.72. The van der Waals surface area contributed by atoms with Gasteiger partial charge in [0, 0.05) is 18.2 Å². The summed E-state index contributed by atoms with van der Waals surface area (Å²) in [7, 11) is 0. The van der Waals surface area contributed by atoms with Gasteiger partial charge in [0.25, 0.3) is 0 Å². The van der Waals surface area contributed by atoms with E-state index in [9.17, 15) is 0 Å². The van der Waals surface area contributed by atoms with Crippen molar-refractivity contribution in [3.63, 3.8) is 0 Å². The first kappa shape index (κ1) is 15.1. The third kappa shape index (κ3) is 3.86. The van der Waals surface area contributed by atoms with Crippen molar-refractivity contribution in [1.82, 2.24) is 5.32 Å². The molecule has 3 atom stereocenters. The minimum Gasteiger partial charge on any atom is -0.489 e. The van der Waals surface area contributed by atoms with Crippen molar-refractivity contribution < 1.29 is 4.74 Å². The molecule has 1 N–H and O–H groups in total. The van der Waals surface area contributed by atoms with E-state index in [0.29, 0.717) is 12.6 Å². The van der Waals surface area contributed by atoms with Crippen molar-refractivity contribution >= 4 is 0 Å². The zero-order valence-corrected chi connectivity index (χ0v) is 12.8. The molecule has 1 aromatic rings. The quantitative estimate of drug-likeness (QED) is 0.786. The number of rotatable bonds is 6. The molecule has 0 spiro atoms. The van der Waals surface area contributed by atoms with Crippen LogP contribution in [0.4, 0.5) is 0 Å². The predicted octanol–water partition coefficient (Wildman–Crippen LogP) is 4.17. The van der Waals surface area contributed by atoms with E-state index in [2.05, 4.69) is 37.9 Å². The second kappa shape index (κ2) is 7.49. The van der Waals surface area contributed by atoms with Gasteiger partial charge in [-0.2, -0.15) is 0 Å². The predicted molar refractivity (Wildman–Crippen MR) is 84.9 cm³/mol. The molecule has 2 rings (SSSR count). The Kier molecular flexibility index (Phi) is 5.66. The highest BCUT2D eigenvalue weighted by Crippen LogP contribution is 2.30. The Hall–Kier alpha value is -1.28. The Bertz CT molecular complexity index is 429. The molecule has 2 nitrogen and oxygen atoms in total. The van der Waals surface area contributed by atoms with Crippen molar-refractivity contribution in [2.45, 2.75) is 45.7 Å². The molecule has 0 bridgehead atoms. The maximum absolute atomic E-state index is 5.72. The summed E-state index contributed by atoms with van der Waals surface area (Å²) in [5.41, 5.74) is 1.24. The van der Waals surface area contributed by atoms with Gasteiger partial charge in [-0.1, -0.05) is 57.5 Å². The third-order valence-corrected chi connectivity index (χ3v) is 4.59. The Morgan fingerprint density at radius 1 is 1.30 bits per heavy atom. The lowest BCUT2D eigenvalue weighted by Crippen LogP contribution is -2.40. The lowest BCUT2D eigenvalue weighted by atomic mass is 9.78. The van der Waals surface area contributed by atoms with E-state index in [-0.39, 0.29) is 0 Å². The van der Waals surface area contributed by atoms with E-state index < -0.39 is 0 Å². The average molecular weight is 273 g/mol. The molecule has 20 heavy (non-hydrogen) atoms. The highest BCUT2D eigenvalue weighted by Gasteiger charge is 2.26. The first-order valence-electron chi connectivity index (χ1n) is 7.77. The van der Waals surface area contributed by atoms with Crippen molar-refractivity contribution in [2.75, 3.05) is 6.61 Å². The summed E-state index contributed by atoms with van der Waals surface area (Å²) in [6.07, 6.45) is 5.80. The molecule has 1 fully saturated rings. The van der Waals surface area contributed by atoms with Crippen LogP contribution in [0.25, 0.3) is 0 Å². The van der Waals surface area contributed by atoms with E-state index >= 15 is 0 Å². The van der Waals surface area contributed by atoms with Gasteiger partial charge in [-0.05, 0) is 24.3 Å². The molecular weight excluding hydrogens is 246 g/mol. The largest absolute Gasteiger partial charge is 0.489 e. The lowest BCUT2D eigenvalue weighted by molar-refractivity contribution is 0.205. The smallest absolute Gasteiger partial charge is 0.124 e. The first-order chi connectivity index (χ1) is 9.72. The van der Waals surface area contributed by atoms with Crippen LogP contribution in [0.15, 0.2) is 36.9 Å². The highest BCUT2D eigenvalue weighted by atomic mass is 16.5. The number of nitrogens with one attached hydrogen (secondary N) is 1. The minimum atomic E-state index is 0.563. The van der Waals surface area contributed by atoms with E-state index in [1.54, 1.807) is 6.08 Å². The van der Waals surface area contributed by atoms with Crippen molar-refractivity contribution in [3.8, 4) is 5.75 Å². The Labute approximate surface area is 123 Å². The summed E-state index contributed by atoms with van der Waals surface area (Å²) in [4.78, 5) is 0. The topological polar surface area (TPSA) is 21.3 Å². The normalized spacial score (nSPS) is 26.2. The summed E-state index contributed by atoms with van der Waals surface area (Å²) in [5, 5.41) is 3.73. The standard InChI is InChI=1S/C18H27NO/c1-4-12-20-18-11-6-5-9-16(18)13-19-17-10-7-8-14(2)15(17)3/h4-6,9,11,14-15,17,19H,1,7-8,10,12-13H2,2-3H3. The summed E-state index contributed by atoms with van der Waals surface area (Å²) in [6, 6.07) is 8.90. The molecule has 0 amide bonds. The average Bonchev–Trinajstić information content (AvgIpc) is 2.47. The SMILES string of the molecule is C=CCOc1ccccc1CNC1CCCC(C)C1C. The van der Waals surface area contributed by atoms with Gasteiger partial charge in [-0.15, -0.1) is 0 Å². The van der Waals surface area contributed by atoms with Crippen LogP contribution in [0.1, 0.15) is 38.7 Å². The number of hydrogen-bond acceptors (Lipinski definition) is 2. The van der Waals surface area contributed by atoms with Crippen LogP contribution in [0.2, 0.25) is 0 Å². The lowest BCUT2D eigenvalue weighted by Gasteiger charge is -2.35. The maximum atomic E-state index is 5.72. The number of benzene rings is 1. The number of ether oxygens (including phenoxy) is 1. The fraction of sp³-hybridized carbons (Fsp3) is 0.556. The number of hydrogen-bond donors (Lipinski definition) is 1. The first-order valence-corrected chi connectivity index (χ1v) is 7.77. The van der Waals surface area contributed by atoms with Gasteiger partial charge in [0.05, 0.1) is 0 Å². The molecule has 110 valence electrons. The van der Waals surface area contributed by atoms with Crippen LogP contribution in [-0.4, -0.2) is 12.6 Å². The summed E-state index contributed by atoms with van der Waals surface area (Å²) in [6.45, 7) is 9.90. The van der Waals surface area contributed by atoms with Crippen LogP contribution < -0.4 is 10.1 Å². The molecule has 0 radical (unpaired) electrons. The zero-order chi connectivity index (χ0) is 14.4. The molecule has 1 aromatic carbocycles. The van der Waals surface area contributed by atoms with Gasteiger partial charge in [-0.3, -0.25) is 0 Å². The monoisotopic (exact) mass is 273 g/mol. The molecule has 1 aliphatic carbocycles. The molecule has 1 aliphatic rings. The molecule has 0 heterocycles. The molecule has 2 heteroatoms. The van der Waals surface area contributed by atoms with Gasteiger partial charge >= 0.3 is 0 Å². The molecular formula is C18H27NO. The molecule has 1 saturated carbocycles. The van der Waals surface area contributed by atoms with Crippen LogP contribution in [0.3, 0.4) is 0 Å². The van der Waals surface area contributed by atoms with Gasteiger partial charge < -0.3 is 10.1 Å². The molecule has 0 aromatic heterocycles. The van der Waals surface area contributed by atoms with E-state index in [1.807, 2.05) is 12.1 Å². The van der Waals surface area contributed by atoms with Crippen molar-refractivity contribution in [3.05, 3.63) is 42.5 Å². The molecule has 0 aliphatic heterocycles. The van der Waals surface area contributed by atoms with Crippen LogP contribution in [0.5, 0.6) is 5.75 Å². The van der Waals surface area contributed by atoms with Gasteiger partial charge in [0.1, 0.15) is 12.4 Å². The fourth-order valence-electron chi connectivity index (χ4n) is 3.05. The second-order valence-electron chi connectivity index (χ2n) is 5.96. The Morgan fingerprint density at radius 2 is 2.10 bits per heavy atom. The Balaban J connectivity index is 1.94. The van der Waals surface area contributed by atoms with Crippen molar-refractivity contribution in [2.24, 2.45) is 11.8 Å². The highest BCUT2D eigenvalue weighted by molar-refractivity contribution is 5.33. The van der Waals surface area contributed by atoms with E-state index in [1.165, 1.54) is 24.8 Å². The van der Waals surface area contributed by atoms with Crippen LogP contribution in [-0.2, 0) is 6.54 Å². The van der Waals surface area contributed by atoms with E-state index in [0.717, 1.165) is 24.1 Å². The summed E-state index contributed by atoms with van der Waals surface area (Å²) >= 11 is 0.